The summed E-state index contributed by atoms with van der Waals surface area (Å²) >= 11 is 6.35. The highest BCUT2D eigenvalue weighted by atomic mass is 35.5. The number of anilines is 3. The number of para-hydroxylation sites is 1. The molecule has 0 radical (unpaired) electrons. The van der Waals surface area contributed by atoms with Gasteiger partial charge in [-0.15, -0.1) is 0 Å². The van der Waals surface area contributed by atoms with E-state index in [-0.39, 0.29) is 28.8 Å². The standard InChI is InChI=1S/C22H18ClN7O/c1-12(27-20-18(26-2)19(24)28-22(25)29-20)16-11-13-7-6-10-15(23)17(13)21(31)30(16)14-8-4-3-5-9-14/h3-12H,1H3,(H5,24,25,27,28,29). The van der Waals surface area contributed by atoms with Gasteiger partial charge in [0, 0.05) is 11.4 Å². The van der Waals surface area contributed by atoms with Crippen LogP contribution in [-0.2, 0) is 0 Å². The summed E-state index contributed by atoms with van der Waals surface area (Å²) in [6.45, 7) is 9.26. The molecular weight excluding hydrogens is 414 g/mol. The number of benzene rings is 2. The highest BCUT2D eigenvalue weighted by Gasteiger charge is 2.20. The van der Waals surface area contributed by atoms with Crippen LogP contribution in [0.3, 0.4) is 0 Å². The third kappa shape index (κ3) is 3.63. The lowest BCUT2D eigenvalue weighted by Crippen LogP contribution is -2.26. The molecule has 0 saturated carbocycles. The maximum absolute atomic E-state index is 13.5. The van der Waals surface area contributed by atoms with E-state index in [1.807, 2.05) is 49.4 Å². The van der Waals surface area contributed by atoms with E-state index in [1.165, 1.54) is 0 Å². The molecule has 0 bridgehead atoms. The molecule has 9 heteroatoms. The number of nitrogens with two attached hydrogens (primary N) is 2. The fourth-order valence-electron chi connectivity index (χ4n) is 3.48. The highest BCUT2D eigenvalue weighted by molar-refractivity contribution is 6.35. The van der Waals surface area contributed by atoms with Gasteiger partial charge < -0.3 is 16.8 Å². The summed E-state index contributed by atoms with van der Waals surface area (Å²) in [5, 5.41) is 4.68. The number of nitrogens with one attached hydrogen (secondary N) is 1. The number of hydrogen-bond donors (Lipinski definition) is 3. The summed E-state index contributed by atoms with van der Waals surface area (Å²) in [6.07, 6.45) is 0. The molecule has 0 saturated heterocycles. The first kappa shape index (κ1) is 20.2. The minimum Gasteiger partial charge on any atom is -0.392 e. The normalized spacial score (nSPS) is 11.8. The summed E-state index contributed by atoms with van der Waals surface area (Å²) < 4.78 is 1.59. The zero-order valence-corrected chi connectivity index (χ0v) is 17.3. The number of fused-ring (bicyclic) bond motifs is 1. The molecule has 2 heterocycles. The third-order valence-corrected chi connectivity index (χ3v) is 5.19. The Kier molecular flexibility index (Phi) is 5.19. The number of pyridine rings is 1. The van der Waals surface area contributed by atoms with Gasteiger partial charge in [0.05, 0.1) is 23.0 Å². The minimum atomic E-state index is -0.439. The summed E-state index contributed by atoms with van der Waals surface area (Å²) in [5.41, 5.74) is 12.7. The van der Waals surface area contributed by atoms with Gasteiger partial charge in [-0.1, -0.05) is 41.9 Å². The first-order chi connectivity index (χ1) is 14.9. The van der Waals surface area contributed by atoms with Gasteiger partial charge in [0.25, 0.3) is 11.2 Å². The van der Waals surface area contributed by atoms with Crippen molar-refractivity contribution in [2.45, 2.75) is 13.0 Å². The van der Waals surface area contributed by atoms with Gasteiger partial charge in [0.1, 0.15) is 11.6 Å². The molecule has 0 aliphatic rings. The van der Waals surface area contributed by atoms with Crippen LogP contribution >= 0.6 is 11.6 Å². The molecule has 2 aromatic carbocycles. The molecule has 154 valence electrons. The van der Waals surface area contributed by atoms with Crippen molar-refractivity contribution in [3.63, 3.8) is 0 Å². The Morgan fingerprint density at radius 3 is 2.58 bits per heavy atom. The second kappa shape index (κ2) is 7.97. The second-order valence-corrected chi connectivity index (χ2v) is 7.30. The van der Waals surface area contributed by atoms with Crippen molar-refractivity contribution >= 4 is 45.6 Å². The van der Waals surface area contributed by atoms with Crippen LogP contribution < -0.4 is 22.3 Å². The minimum absolute atomic E-state index is 0.0112. The molecule has 5 N–H and O–H groups in total. The van der Waals surface area contributed by atoms with Gasteiger partial charge in [-0.2, -0.15) is 0 Å². The Balaban J connectivity index is 1.94. The fourth-order valence-corrected chi connectivity index (χ4v) is 3.74. The van der Waals surface area contributed by atoms with Crippen molar-refractivity contribution in [3.8, 4) is 5.69 Å². The van der Waals surface area contributed by atoms with Crippen LogP contribution in [0.4, 0.5) is 23.3 Å². The van der Waals surface area contributed by atoms with Gasteiger partial charge in [0.2, 0.25) is 5.95 Å². The number of nitrogen functional groups attached to an aromatic ring is 2. The van der Waals surface area contributed by atoms with Gasteiger partial charge in [-0.25, -0.2) is 14.8 Å². The maximum atomic E-state index is 13.5. The van der Waals surface area contributed by atoms with E-state index in [4.69, 9.17) is 29.6 Å². The Hall–Kier alpha value is -4.09. The predicted molar refractivity (Wildman–Crippen MR) is 124 cm³/mol. The van der Waals surface area contributed by atoms with Crippen molar-refractivity contribution < 1.29 is 0 Å². The molecular formula is C22H18ClN7O. The first-order valence-corrected chi connectivity index (χ1v) is 9.75. The number of aromatic nitrogens is 3. The number of hydrogen-bond acceptors (Lipinski definition) is 6. The van der Waals surface area contributed by atoms with Crippen LogP contribution in [0.5, 0.6) is 0 Å². The van der Waals surface area contributed by atoms with Crippen LogP contribution in [0, 0.1) is 6.57 Å². The predicted octanol–water partition coefficient (Wildman–Crippen LogP) is 4.32. The molecule has 4 aromatic rings. The lowest BCUT2D eigenvalue weighted by atomic mass is 10.1. The van der Waals surface area contributed by atoms with Crippen LogP contribution in [0.2, 0.25) is 5.02 Å². The van der Waals surface area contributed by atoms with Crippen LogP contribution in [0.1, 0.15) is 18.7 Å². The molecule has 4 rings (SSSR count). The Morgan fingerprint density at radius 1 is 1.13 bits per heavy atom. The molecule has 0 aliphatic heterocycles. The molecule has 0 spiro atoms. The van der Waals surface area contributed by atoms with E-state index in [1.54, 1.807) is 16.7 Å². The second-order valence-electron chi connectivity index (χ2n) is 6.89. The van der Waals surface area contributed by atoms with E-state index in [0.717, 1.165) is 0 Å². The van der Waals surface area contributed by atoms with Crippen LogP contribution in [0.25, 0.3) is 21.3 Å². The zero-order chi connectivity index (χ0) is 22.1. The monoisotopic (exact) mass is 431 g/mol. The smallest absolute Gasteiger partial charge is 0.268 e. The molecule has 0 fully saturated rings. The average Bonchev–Trinajstić information content (AvgIpc) is 2.74. The summed E-state index contributed by atoms with van der Waals surface area (Å²) in [7, 11) is 0. The molecule has 1 unspecified atom stereocenters. The van der Waals surface area contributed by atoms with E-state index < -0.39 is 6.04 Å². The number of nitrogens with zero attached hydrogens (tertiary/aromatic N) is 4. The molecule has 31 heavy (non-hydrogen) atoms. The van der Waals surface area contributed by atoms with Gasteiger partial charge in [-0.3, -0.25) is 9.36 Å². The zero-order valence-electron chi connectivity index (χ0n) is 16.5. The van der Waals surface area contributed by atoms with Gasteiger partial charge in [-0.05, 0) is 36.6 Å². The van der Waals surface area contributed by atoms with Gasteiger partial charge in [0.15, 0.2) is 0 Å². The van der Waals surface area contributed by atoms with Crippen molar-refractivity contribution in [1.29, 1.82) is 0 Å². The van der Waals surface area contributed by atoms with E-state index in [9.17, 15) is 4.79 Å². The lowest BCUT2D eigenvalue weighted by molar-refractivity contribution is 0.774. The molecule has 0 amide bonds. The maximum Gasteiger partial charge on any atom is 0.268 e. The van der Waals surface area contributed by atoms with Crippen molar-refractivity contribution in [2.75, 3.05) is 16.8 Å². The number of rotatable bonds is 4. The highest BCUT2D eigenvalue weighted by Crippen LogP contribution is 2.33. The first-order valence-electron chi connectivity index (χ1n) is 9.37. The summed E-state index contributed by atoms with van der Waals surface area (Å²) in [5.74, 6) is 0.138. The Morgan fingerprint density at radius 2 is 1.87 bits per heavy atom. The van der Waals surface area contributed by atoms with Gasteiger partial charge >= 0.3 is 0 Å². The summed E-state index contributed by atoms with van der Waals surface area (Å²) in [4.78, 5) is 24.9. The quantitative estimate of drug-likeness (QED) is 0.414. The van der Waals surface area contributed by atoms with Crippen LogP contribution in [0.15, 0.2) is 59.4 Å². The summed E-state index contributed by atoms with van der Waals surface area (Å²) in [6, 6.07) is 16.0. The number of halogens is 1. The Labute approximate surface area is 182 Å². The van der Waals surface area contributed by atoms with E-state index >= 15 is 0 Å². The van der Waals surface area contributed by atoms with Crippen molar-refractivity contribution in [3.05, 3.63) is 87.1 Å². The van der Waals surface area contributed by atoms with Crippen molar-refractivity contribution in [2.24, 2.45) is 0 Å². The SMILES string of the molecule is [C-]#[N+]c1c(N)nc(N)nc1NC(C)c1cc2cccc(Cl)c2c(=O)n1-c1ccccc1. The molecule has 0 aliphatic carbocycles. The molecule has 8 nitrogen and oxygen atoms in total. The fraction of sp³-hybridized carbons (Fsp3) is 0.0909. The molecule has 2 aromatic heterocycles. The van der Waals surface area contributed by atoms with Crippen LogP contribution in [-0.4, -0.2) is 14.5 Å². The van der Waals surface area contributed by atoms with E-state index in [2.05, 4.69) is 20.1 Å². The Bertz CT molecular complexity index is 1390. The van der Waals surface area contributed by atoms with E-state index in [0.29, 0.717) is 27.2 Å². The molecule has 1 atom stereocenters. The lowest BCUT2D eigenvalue weighted by Gasteiger charge is -2.22. The third-order valence-electron chi connectivity index (χ3n) is 4.88. The largest absolute Gasteiger partial charge is 0.392 e. The topological polar surface area (TPSA) is 116 Å². The average molecular weight is 432 g/mol. The van der Waals surface area contributed by atoms with Crippen molar-refractivity contribution in [1.82, 2.24) is 14.5 Å².